The van der Waals surface area contributed by atoms with Gasteiger partial charge < -0.3 is 25.4 Å². The Labute approximate surface area is 224 Å². The molecule has 1 aromatic carbocycles. The van der Waals surface area contributed by atoms with Crippen LogP contribution in [-0.2, 0) is 14.3 Å². The van der Waals surface area contributed by atoms with Gasteiger partial charge in [-0.2, -0.15) is 8.78 Å². The topological polar surface area (TPSA) is 116 Å². The van der Waals surface area contributed by atoms with Crippen molar-refractivity contribution in [1.82, 2.24) is 20.5 Å². The van der Waals surface area contributed by atoms with Crippen LogP contribution in [0, 0.1) is 11.7 Å². The Morgan fingerprint density at radius 2 is 2.13 bits per heavy atom. The Kier molecular flexibility index (Phi) is 8.57. The number of carbonyl (C=O) groups excluding carboxylic acids is 1. The summed E-state index contributed by atoms with van der Waals surface area (Å²) in [4.78, 5) is 34.4. The predicted octanol–water partition coefficient (Wildman–Crippen LogP) is 3.91. The van der Waals surface area contributed by atoms with Crippen LogP contribution < -0.4 is 10.6 Å². The number of amidine groups is 1. The van der Waals surface area contributed by atoms with E-state index < -0.39 is 35.7 Å². The van der Waals surface area contributed by atoms with Crippen molar-refractivity contribution >= 4 is 40.7 Å². The number of aromatic nitrogens is 1. The Morgan fingerprint density at radius 1 is 1.34 bits per heavy atom. The van der Waals surface area contributed by atoms with Crippen LogP contribution in [0.4, 0.5) is 13.2 Å². The number of nitrogens with zero attached hydrogens (tertiary/aromatic N) is 3. The van der Waals surface area contributed by atoms with E-state index in [2.05, 4.69) is 20.6 Å². The van der Waals surface area contributed by atoms with Crippen molar-refractivity contribution in [2.45, 2.75) is 18.9 Å². The van der Waals surface area contributed by atoms with Crippen LogP contribution in [0.5, 0.6) is 0 Å². The fraction of sp³-hybridized carbons (Fsp3) is 0.333. The molecular weight excluding hydrogens is 547 g/mol. The predicted molar refractivity (Wildman–Crippen MR) is 134 cm³/mol. The summed E-state index contributed by atoms with van der Waals surface area (Å²) in [6, 6.07) is 2.98. The molecule has 2 aromatic rings. The summed E-state index contributed by atoms with van der Waals surface area (Å²) in [7, 11) is 1.16. The van der Waals surface area contributed by atoms with Gasteiger partial charge in [0.25, 0.3) is 0 Å². The van der Waals surface area contributed by atoms with E-state index in [9.17, 15) is 22.8 Å². The molecule has 1 unspecified atom stereocenters. The van der Waals surface area contributed by atoms with Crippen LogP contribution in [0.25, 0.3) is 0 Å². The van der Waals surface area contributed by atoms with Gasteiger partial charge in [0.2, 0.25) is 0 Å². The zero-order valence-corrected chi connectivity index (χ0v) is 21.6. The molecule has 0 saturated carbocycles. The number of esters is 1. The molecule has 14 heteroatoms. The maximum absolute atomic E-state index is 14.4. The SMILES string of the molecule is COC(=O)C1=C(CN2CCC(CC(=O)O)CNC2=C(F)F)NC(c2nccs2)=N[C@H]1c1cccc(F)c1Cl. The summed E-state index contributed by atoms with van der Waals surface area (Å²) >= 11 is 7.52. The van der Waals surface area contributed by atoms with Crippen molar-refractivity contribution in [2.75, 3.05) is 26.7 Å². The first-order chi connectivity index (χ1) is 18.2. The standard InChI is InChI=1S/C24H23ClF3N5O4S/c1-37-24(36)17-15(11-33-7-5-12(9-16(34)35)10-30-22(33)20(27)28)31-21(23-29-6-8-38-23)32-19(17)13-3-2-4-14(26)18(13)25/h2-4,6,8,12,19,30H,5,7,9-11H2,1H3,(H,31,32)(H,34,35)/t12?,19-/m0/s1. The number of ether oxygens (including phenoxy) is 1. The molecule has 0 amide bonds. The first-order valence-electron chi connectivity index (χ1n) is 11.4. The molecule has 202 valence electrons. The van der Waals surface area contributed by atoms with E-state index in [4.69, 9.17) is 21.4 Å². The molecule has 0 radical (unpaired) electrons. The van der Waals surface area contributed by atoms with Crippen LogP contribution >= 0.6 is 22.9 Å². The molecule has 2 aliphatic heterocycles. The minimum atomic E-state index is -1.99. The van der Waals surface area contributed by atoms with Crippen molar-refractivity contribution in [3.05, 3.63) is 74.4 Å². The quantitative estimate of drug-likeness (QED) is 0.430. The number of aliphatic carboxylic acids is 1. The van der Waals surface area contributed by atoms with E-state index in [1.807, 2.05) is 0 Å². The van der Waals surface area contributed by atoms with E-state index in [1.54, 1.807) is 11.6 Å². The van der Waals surface area contributed by atoms with Crippen LogP contribution in [0.2, 0.25) is 5.02 Å². The highest BCUT2D eigenvalue weighted by Gasteiger charge is 2.36. The minimum Gasteiger partial charge on any atom is -0.481 e. The van der Waals surface area contributed by atoms with E-state index in [0.717, 1.165) is 7.11 Å². The van der Waals surface area contributed by atoms with Gasteiger partial charge in [-0.3, -0.25) is 9.79 Å². The van der Waals surface area contributed by atoms with Gasteiger partial charge in [0.15, 0.2) is 16.7 Å². The maximum atomic E-state index is 14.4. The van der Waals surface area contributed by atoms with Crippen LogP contribution in [0.15, 0.2) is 57.9 Å². The molecule has 0 bridgehead atoms. The summed E-state index contributed by atoms with van der Waals surface area (Å²) in [5, 5.41) is 16.8. The van der Waals surface area contributed by atoms with Crippen molar-refractivity contribution < 1.29 is 32.6 Å². The molecule has 38 heavy (non-hydrogen) atoms. The largest absolute Gasteiger partial charge is 0.481 e. The second kappa shape index (κ2) is 11.9. The highest BCUT2D eigenvalue weighted by atomic mass is 35.5. The van der Waals surface area contributed by atoms with Gasteiger partial charge in [-0.25, -0.2) is 14.2 Å². The number of nitrogens with one attached hydrogen (secondary N) is 2. The number of benzene rings is 1. The fourth-order valence-corrected chi connectivity index (χ4v) is 5.16. The van der Waals surface area contributed by atoms with Gasteiger partial charge >= 0.3 is 18.0 Å². The van der Waals surface area contributed by atoms with E-state index in [1.165, 1.54) is 34.4 Å². The van der Waals surface area contributed by atoms with Gasteiger partial charge in [-0.15, -0.1) is 11.3 Å². The first-order valence-corrected chi connectivity index (χ1v) is 12.7. The number of methoxy groups -OCH3 is 1. The van der Waals surface area contributed by atoms with Crippen molar-refractivity contribution in [3.63, 3.8) is 0 Å². The number of carboxylic acid groups (broad SMARTS) is 1. The second-order valence-electron chi connectivity index (χ2n) is 8.53. The molecule has 1 aromatic heterocycles. The van der Waals surface area contributed by atoms with Crippen LogP contribution in [0.3, 0.4) is 0 Å². The number of aliphatic imine (C=N–C) groups is 1. The molecule has 9 nitrogen and oxygen atoms in total. The summed E-state index contributed by atoms with van der Waals surface area (Å²) in [6.07, 6.45) is -0.315. The zero-order chi connectivity index (χ0) is 27.4. The monoisotopic (exact) mass is 569 g/mol. The zero-order valence-electron chi connectivity index (χ0n) is 20.0. The van der Waals surface area contributed by atoms with E-state index in [0.29, 0.717) is 11.4 Å². The number of carboxylic acids is 1. The Morgan fingerprint density at radius 3 is 2.79 bits per heavy atom. The van der Waals surface area contributed by atoms with Gasteiger partial charge in [-0.05, 0) is 18.4 Å². The van der Waals surface area contributed by atoms with Crippen LogP contribution in [0.1, 0.15) is 29.5 Å². The number of thiazole rings is 1. The molecule has 3 heterocycles. The lowest BCUT2D eigenvalue weighted by Gasteiger charge is -2.31. The number of hydrogen-bond donors (Lipinski definition) is 3. The highest BCUT2D eigenvalue weighted by molar-refractivity contribution is 7.11. The van der Waals surface area contributed by atoms with Crippen LogP contribution in [-0.4, -0.2) is 59.5 Å². The summed E-state index contributed by atoms with van der Waals surface area (Å²) in [5.74, 6) is -3.17. The van der Waals surface area contributed by atoms with Gasteiger partial charge in [-0.1, -0.05) is 23.7 Å². The summed E-state index contributed by atoms with van der Waals surface area (Å²) in [5.41, 5.74) is 0.327. The normalized spacial score (nSPS) is 19.8. The molecule has 2 atom stereocenters. The lowest BCUT2D eigenvalue weighted by atomic mass is 9.95. The number of halogens is 4. The summed E-state index contributed by atoms with van der Waals surface area (Å²) in [6.45, 7) is -0.108. The molecule has 2 aliphatic rings. The lowest BCUT2D eigenvalue weighted by Crippen LogP contribution is -2.41. The molecule has 0 aliphatic carbocycles. The Hall–Kier alpha value is -3.58. The number of rotatable bonds is 7. The highest BCUT2D eigenvalue weighted by Crippen LogP contribution is 2.37. The Balaban J connectivity index is 1.80. The maximum Gasteiger partial charge on any atom is 0.338 e. The molecule has 3 N–H and O–H groups in total. The fourth-order valence-electron chi connectivity index (χ4n) is 4.34. The smallest absolute Gasteiger partial charge is 0.338 e. The first kappa shape index (κ1) is 27.5. The average molecular weight is 570 g/mol. The van der Waals surface area contributed by atoms with E-state index >= 15 is 0 Å². The molecule has 0 spiro atoms. The van der Waals surface area contributed by atoms with Gasteiger partial charge in [0.1, 0.15) is 11.9 Å². The third-order valence-corrected chi connectivity index (χ3v) is 7.29. The number of hydrogen-bond acceptors (Lipinski definition) is 9. The van der Waals surface area contributed by atoms with Crippen molar-refractivity contribution in [1.29, 1.82) is 0 Å². The molecular formula is C24H23ClF3N5O4S. The van der Waals surface area contributed by atoms with E-state index in [-0.39, 0.29) is 59.7 Å². The van der Waals surface area contributed by atoms with Gasteiger partial charge in [0.05, 0.1) is 24.3 Å². The van der Waals surface area contributed by atoms with Crippen molar-refractivity contribution in [2.24, 2.45) is 10.9 Å². The summed E-state index contributed by atoms with van der Waals surface area (Å²) < 4.78 is 47.4. The lowest BCUT2D eigenvalue weighted by molar-refractivity contribution is -0.138. The third-order valence-electron chi connectivity index (χ3n) is 6.12. The second-order valence-corrected chi connectivity index (χ2v) is 9.81. The molecule has 4 rings (SSSR count). The Bertz CT molecular complexity index is 1310. The third kappa shape index (κ3) is 5.94. The number of carbonyl (C=O) groups is 2. The molecule has 1 fully saturated rings. The van der Waals surface area contributed by atoms with Gasteiger partial charge in [0, 0.05) is 42.3 Å². The molecule has 1 saturated heterocycles. The minimum absolute atomic E-state index is 0.0368. The average Bonchev–Trinajstić information content (AvgIpc) is 3.35. The van der Waals surface area contributed by atoms with Crippen molar-refractivity contribution in [3.8, 4) is 0 Å².